The fraction of sp³-hybridized carbons (Fsp3) is 0.381. The van der Waals surface area contributed by atoms with E-state index in [1.54, 1.807) is 48.5 Å². The Kier molecular flexibility index (Phi) is 5.92. The normalized spacial score (nSPS) is 20.3. The van der Waals surface area contributed by atoms with Gasteiger partial charge >= 0.3 is 0 Å². The van der Waals surface area contributed by atoms with Crippen molar-refractivity contribution in [1.29, 1.82) is 0 Å². The highest BCUT2D eigenvalue weighted by Crippen LogP contribution is 2.35. The standard InChI is InChI=1S/C21H23ClN2O4S/c22-18-7-5-16(6-8-18)20(9-10-23-11-13-28-14-12-23)24-21(25)19-4-2-1-3-17(19)15-29(24,26)27/h1-8,20H,9-15H2. The SMILES string of the molecule is O=C1c2ccccc2CS(=O)(=O)N1C(CCN1CCOCC1)c1ccc(Cl)cc1. The van der Waals surface area contributed by atoms with Crippen molar-refractivity contribution in [3.05, 3.63) is 70.2 Å². The lowest BCUT2D eigenvalue weighted by molar-refractivity contribution is 0.0344. The molecule has 2 aliphatic heterocycles. The van der Waals surface area contributed by atoms with Gasteiger partial charge in [-0.15, -0.1) is 0 Å². The number of morpholine rings is 1. The Bertz CT molecular complexity index is 988. The lowest BCUT2D eigenvalue weighted by atomic mass is 10.0. The van der Waals surface area contributed by atoms with Crippen LogP contribution in [0.3, 0.4) is 0 Å². The molecule has 4 rings (SSSR count). The van der Waals surface area contributed by atoms with E-state index in [4.69, 9.17) is 16.3 Å². The number of benzene rings is 2. The number of sulfonamides is 1. The summed E-state index contributed by atoms with van der Waals surface area (Å²) < 4.78 is 32.7. The molecule has 1 unspecified atom stereocenters. The molecule has 0 N–H and O–H groups in total. The number of hydrogen-bond donors (Lipinski definition) is 0. The van der Waals surface area contributed by atoms with Crippen molar-refractivity contribution in [1.82, 2.24) is 9.21 Å². The van der Waals surface area contributed by atoms with Crippen molar-refractivity contribution in [2.45, 2.75) is 18.2 Å². The van der Waals surface area contributed by atoms with E-state index in [9.17, 15) is 13.2 Å². The van der Waals surface area contributed by atoms with Gasteiger partial charge < -0.3 is 4.74 Å². The van der Waals surface area contributed by atoms with E-state index in [0.717, 1.165) is 23.0 Å². The maximum Gasteiger partial charge on any atom is 0.268 e. The number of carbonyl (C=O) groups excluding carboxylic acids is 1. The number of halogens is 1. The first-order valence-corrected chi connectivity index (χ1v) is 11.6. The van der Waals surface area contributed by atoms with Crippen LogP contribution < -0.4 is 0 Å². The van der Waals surface area contributed by atoms with Crippen molar-refractivity contribution in [2.75, 3.05) is 32.8 Å². The van der Waals surface area contributed by atoms with Gasteiger partial charge in [0, 0.05) is 30.2 Å². The van der Waals surface area contributed by atoms with Crippen LogP contribution in [0.1, 0.15) is 33.9 Å². The van der Waals surface area contributed by atoms with Gasteiger partial charge in [0.25, 0.3) is 5.91 Å². The predicted octanol–water partition coefficient (Wildman–Crippen LogP) is 3.09. The Balaban J connectivity index is 1.69. The highest BCUT2D eigenvalue weighted by Gasteiger charge is 2.41. The molecule has 0 saturated carbocycles. The molecule has 0 aliphatic carbocycles. The second kappa shape index (κ2) is 8.44. The topological polar surface area (TPSA) is 66.9 Å². The molecule has 0 aromatic heterocycles. The Morgan fingerprint density at radius 3 is 2.45 bits per heavy atom. The zero-order valence-electron chi connectivity index (χ0n) is 16.0. The predicted molar refractivity (Wildman–Crippen MR) is 111 cm³/mol. The summed E-state index contributed by atoms with van der Waals surface area (Å²) in [4.78, 5) is 15.5. The molecule has 29 heavy (non-hydrogen) atoms. The third kappa shape index (κ3) is 4.33. The first-order chi connectivity index (χ1) is 14.0. The molecule has 6 nitrogen and oxygen atoms in total. The third-order valence-electron chi connectivity index (χ3n) is 5.45. The van der Waals surface area contributed by atoms with Gasteiger partial charge in [-0.1, -0.05) is 41.9 Å². The number of amides is 1. The zero-order chi connectivity index (χ0) is 20.4. The van der Waals surface area contributed by atoms with Crippen LogP contribution in [-0.2, 0) is 20.5 Å². The number of fused-ring (bicyclic) bond motifs is 1. The smallest absolute Gasteiger partial charge is 0.268 e. The summed E-state index contributed by atoms with van der Waals surface area (Å²) in [7, 11) is -3.79. The third-order valence-corrected chi connectivity index (χ3v) is 7.39. The Labute approximate surface area is 176 Å². The zero-order valence-corrected chi connectivity index (χ0v) is 17.5. The molecule has 1 fully saturated rings. The second-order valence-corrected chi connectivity index (χ2v) is 9.61. The van der Waals surface area contributed by atoms with Crippen LogP contribution in [-0.4, -0.2) is 56.4 Å². The van der Waals surface area contributed by atoms with Gasteiger partial charge in [0.1, 0.15) is 0 Å². The van der Waals surface area contributed by atoms with Crippen molar-refractivity contribution < 1.29 is 17.9 Å². The van der Waals surface area contributed by atoms with Gasteiger partial charge in [-0.3, -0.25) is 9.69 Å². The number of rotatable bonds is 5. The summed E-state index contributed by atoms with van der Waals surface area (Å²) in [6, 6.07) is 13.4. The van der Waals surface area contributed by atoms with Crippen LogP contribution in [0.15, 0.2) is 48.5 Å². The second-order valence-electron chi connectivity index (χ2n) is 7.32. The van der Waals surface area contributed by atoms with E-state index in [0.29, 0.717) is 42.3 Å². The molecular weight excluding hydrogens is 412 g/mol. The van der Waals surface area contributed by atoms with E-state index in [2.05, 4.69) is 4.90 Å². The van der Waals surface area contributed by atoms with Crippen molar-refractivity contribution in [2.24, 2.45) is 0 Å². The highest BCUT2D eigenvalue weighted by atomic mass is 35.5. The molecule has 0 radical (unpaired) electrons. The molecule has 1 atom stereocenters. The van der Waals surface area contributed by atoms with Crippen LogP contribution in [0, 0.1) is 0 Å². The number of carbonyl (C=O) groups is 1. The van der Waals surface area contributed by atoms with Gasteiger partial charge in [-0.05, 0) is 35.7 Å². The van der Waals surface area contributed by atoms with Gasteiger partial charge in [-0.2, -0.15) is 0 Å². The van der Waals surface area contributed by atoms with Crippen molar-refractivity contribution in [3.8, 4) is 0 Å². The molecule has 0 bridgehead atoms. The fourth-order valence-corrected chi connectivity index (χ4v) is 5.81. The largest absolute Gasteiger partial charge is 0.379 e. The molecule has 1 saturated heterocycles. The van der Waals surface area contributed by atoms with Crippen LogP contribution >= 0.6 is 11.6 Å². The van der Waals surface area contributed by atoms with Crippen molar-refractivity contribution in [3.63, 3.8) is 0 Å². The molecule has 2 heterocycles. The van der Waals surface area contributed by atoms with Gasteiger partial charge in [-0.25, -0.2) is 12.7 Å². The Morgan fingerprint density at radius 1 is 1.03 bits per heavy atom. The van der Waals surface area contributed by atoms with Crippen molar-refractivity contribution >= 4 is 27.5 Å². The summed E-state index contributed by atoms with van der Waals surface area (Å²) in [5, 5.41) is 0.568. The molecule has 1 amide bonds. The van der Waals surface area contributed by atoms with Gasteiger partial charge in [0.15, 0.2) is 0 Å². The monoisotopic (exact) mass is 434 g/mol. The quantitative estimate of drug-likeness (QED) is 0.723. The highest BCUT2D eigenvalue weighted by molar-refractivity contribution is 7.89. The summed E-state index contributed by atoms with van der Waals surface area (Å²) in [6.45, 7) is 3.62. The molecule has 2 aromatic rings. The fourth-order valence-electron chi connectivity index (χ4n) is 3.94. The van der Waals surface area contributed by atoms with E-state index in [1.807, 2.05) is 0 Å². The summed E-state index contributed by atoms with van der Waals surface area (Å²) in [5.41, 5.74) is 1.77. The summed E-state index contributed by atoms with van der Waals surface area (Å²) in [6.07, 6.45) is 0.509. The lowest BCUT2D eigenvalue weighted by Gasteiger charge is -2.36. The lowest BCUT2D eigenvalue weighted by Crippen LogP contribution is -2.45. The first kappa shape index (κ1) is 20.3. The molecule has 8 heteroatoms. The molecular formula is C21H23ClN2O4S. The van der Waals surface area contributed by atoms with Crippen LogP contribution in [0.5, 0.6) is 0 Å². The van der Waals surface area contributed by atoms with E-state index < -0.39 is 22.0 Å². The van der Waals surface area contributed by atoms with Crippen LogP contribution in [0.2, 0.25) is 5.02 Å². The average molecular weight is 435 g/mol. The van der Waals surface area contributed by atoms with E-state index in [-0.39, 0.29) is 5.75 Å². The molecule has 154 valence electrons. The minimum absolute atomic E-state index is 0.170. The van der Waals surface area contributed by atoms with E-state index in [1.165, 1.54) is 0 Å². The first-order valence-electron chi connectivity index (χ1n) is 9.65. The number of ether oxygens (including phenoxy) is 1. The average Bonchev–Trinajstić information content (AvgIpc) is 2.71. The molecule has 2 aromatic carbocycles. The summed E-state index contributed by atoms with van der Waals surface area (Å²) >= 11 is 6.03. The minimum atomic E-state index is -3.79. The maximum atomic E-state index is 13.3. The number of nitrogens with zero attached hydrogens (tertiary/aromatic N) is 2. The number of hydrogen-bond acceptors (Lipinski definition) is 5. The van der Waals surface area contributed by atoms with Crippen LogP contribution in [0.4, 0.5) is 0 Å². The minimum Gasteiger partial charge on any atom is -0.379 e. The Morgan fingerprint density at radius 2 is 1.72 bits per heavy atom. The van der Waals surface area contributed by atoms with Crippen LogP contribution in [0.25, 0.3) is 0 Å². The molecule has 2 aliphatic rings. The summed E-state index contributed by atoms with van der Waals surface area (Å²) in [5.74, 6) is -0.634. The molecule has 0 spiro atoms. The Hall–Kier alpha value is -1.93. The van der Waals surface area contributed by atoms with Gasteiger partial charge in [0.05, 0.1) is 25.0 Å². The van der Waals surface area contributed by atoms with E-state index >= 15 is 0 Å². The maximum absolute atomic E-state index is 13.3. The van der Waals surface area contributed by atoms with Gasteiger partial charge in [0.2, 0.25) is 10.0 Å².